The van der Waals surface area contributed by atoms with Crippen molar-refractivity contribution in [1.29, 1.82) is 0 Å². The van der Waals surface area contributed by atoms with E-state index in [0.717, 1.165) is 5.75 Å². The summed E-state index contributed by atoms with van der Waals surface area (Å²) in [5.41, 5.74) is 5.44. The third-order valence-electron chi connectivity index (χ3n) is 3.17. The van der Waals surface area contributed by atoms with Gasteiger partial charge in [-0.25, -0.2) is 4.79 Å². The van der Waals surface area contributed by atoms with E-state index in [1.165, 1.54) is 6.07 Å². The van der Waals surface area contributed by atoms with Crippen molar-refractivity contribution in [3.05, 3.63) is 54.1 Å². The summed E-state index contributed by atoms with van der Waals surface area (Å²) >= 11 is 0. The van der Waals surface area contributed by atoms with E-state index in [2.05, 4.69) is 0 Å². The first-order valence-corrected chi connectivity index (χ1v) is 7.54. The predicted molar refractivity (Wildman–Crippen MR) is 89.9 cm³/mol. The molecule has 0 saturated heterocycles. The number of nitrogens with two attached hydrogens (primary N) is 1. The van der Waals surface area contributed by atoms with Gasteiger partial charge in [0, 0.05) is 0 Å². The van der Waals surface area contributed by atoms with Gasteiger partial charge in [0.25, 0.3) is 5.91 Å². The van der Waals surface area contributed by atoms with Crippen LogP contribution in [0.3, 0.4) is 0 Å². The molecule has 2 aromatic rings. The maximum Gasteiger partial charge on any atom is 0.344 e. The van der Waals surface area contributed by atoms with E-state index in [0.29, 0.717) is 5.75 Å². The van der Waals surface area contributed by atoms with Crippen LogP contribution in [0.4, 0.5) is 0 Å². The lowest BCUT2D eigenvalue weighted by Gasteiger charge is -2.10. The first-order valence-electron chi connectivity index (χ1n) is 7.54. The standard InChI is InChI=1S/C18H19NO6/c1-22-13-6-8-14(9-7-13)23-10-11-24-17(20)12-25-16-5-3-2-4-15(16)18(19)21/h2-9H,10-12H2,1H3,(H2,19,21). The number of esters is 1. The van der Waals surface area contributed by atoms with Gasteiger partial charge in [-0.3, -0.25) is 4.79 Å². The molecular formula is C18H19NO6. The van der Waals surface area contributed by atoms with Gasteiger partial charge in [-0.05, 0) is 36.4 Å². The molecule has 1 amide bonds. The summed E-state index contributed by atoms with van der Waals surface area (Å²) in [7, 11) is 1.58. The number of carbonyl (C=O) groups is 2. The molecule has 2 aromatic carbocycles. The van der Waals surface area contributed by atoms with Gasteiger partial charge in [-0.15, -0.1) is 0 Å². The van der Waals surface area contributed by atoms with E-state index in [4.69, 9.17) is 24.7 Å². The number of benzene rings is 2. The second-order valence-electron chi connectivity index (χ2n) is 4.89. The van der Waals surface area contributed by atoms with Crippen molar-refractivity contribution in [1.82, 2.24) is 0 Å². The number of ether oxygens (including phenoxy) is 4. The first kappa shape index (κ1) is 18.1. The summed E-state index contributed by atoms with van der Waals surface area (Å²) in [6.07, 6.45) is 0. The molecule has 25 heavy (non-hydrogen) atoms. The minimum absolute atomic E-state index is 0.0751. The molecule has 0 atom stereocenters. The summed E-state index contributed by atoms with van der Waals surface area (Å²) in [4.78, 5) is 22.9. The zero-order valence-electron chi connectivity index (χ0n) is 13.8. The van der Waals surface area contributed by atoms with Crippen molar-refractivity contribution < 1.29 is 28.5 Å². The van der Waals surface area contributed by atoms with Gasteiger partial charge < -0.3 is 24.7 Å². The van der Waals surface area contributed by atoms with E-state index < -0.39 is 11.9 Å². The second kappa shape index (κ2) is 9.17. The molecule has 7 nitrogen and oxygen atoms in total. The molecule has 2 N–H and O–H groups in total. The number of hydrogen-bond donors (Lipinski definition) is 1. The van der Waals surface area contributed by atoms with Crippen molar-refractivity contribution in [2.45, 2.75) is 0 Å². The Kier molecular flexibility index (Phi) is 6.65. The molecule has 0 unspecified atom stereocenters. The third-order valence-corrected chi connectivity index (χ3v) is 3.17. The number of rotatable bonds is 9. The Morgan fingerprint density at radius 3 is 2.28 bits per heavy atom. The van der Waals surface area contributed by atoms with Crippen LogP contribution in [0.2, 0.25) is 0 Å². The Morgan fingerprint density at radius 1 is 0.920 bits per heavy atom. The number of carbonyl (C=O) groups excluding carboxylic acids is 2. The highest BCUT2D eigenvalue weighted by Gasteiger charge is 2.11. The quantitative estimate of drug-likeness (QED) is 0.550. The lowest BCUT2D eigenvalue weighted by atomic mass is 10.2. The normalized spacial score (nSPS) is 9.96. The fraction of sp³-hybridized carbons (Fsp3) is 0.222. The fourth-order valence-electron chi connectivity index (χ4n) is 1.96. The van der Waals surface area contributed by atoms with Gasteiger partial charge in [0.05, 0.1) is 12.7 Å². The molecule has 0 fully saturated rings. The van der Waals surface area contributed by atoms with E-state index >= 15 is 0 Å². The first-order chi connectivity index (χ1) is 12.1. The molecule has 0 heterocycles. The number of primary amides is 1. The van der Waals surface area contributed by atoms with Gasteiger partial charge in [0.1, 0.15) is 30.5 Å². The lowest BCUT2D eigenvalue weighted by molar-refractivity contribution is -0.146. The molecule has 0 aliphatic carbocycles. The molecule has 2 rings (SSSR count). The summed E-state index contributed by atoms with van der Waals surface area (Å²) < 4.78 is 20.8. The SMILES string of the molecule is COc1ccc(OCCOC(=O)COc2ccccc2C(N)=O)cc1. The molecule has 0 saturated carbocycles. The highest BCUT2D eigenvalue weighted by Crippen LogP contribution is 2.17. The molecule has 132 valence electrons. The minimum atomic E-state index is -0.628. The zero-order chi connectivity index (χ0) is 18.1. The van der Waals surface area contributed by atoms with Crippen molar-refractivity contribution in [2.75, 3.05) is 26.9 Å². The average Bonchev–Trinajstić information content (AvgIpc) is 2.64. The smallest absolute Gasteiger partial charge is 0.344 e. The van der Waals surface area contributed by atoms with Gasteiger partial charge in [-0.2, -0.15) is 0 Å². The summed E-state index contributed by atoms with van der Waals surface area (Å²) in [5.74, 6) is 0.409. The molecular weight excluding hydrogens is 326 g/mol. The predicted octanol–water partition coefficient (Wildman–Crippen LogP) is 1.80. The van der Waals surface area contributed by atoms with Crippen molar-refractivity contribution in [3.63, 3.8) is 0 Å². The Balaban J connectivity index is 1.69. The van der Waals surface area contributed by atoms with Crippen LogP contribution in [0.5, 0.6) is 17.2 Å². The molecule has 0 aliphatic heterocycles. The second-order valence-corrected chi connectivity index (χ2v) is 4.89. The van der Waals surface area contributed by atoms with E-state index in [-0.39, 0.29) is 31.1 Å². The molecule has 7 heteroatoms. The molecule has 0 radical (unpaired) electrons. The molecule has 0 aliphatic rings. The van der Waals surface area contributed by atoms with Gasteiger partial charge in [0.2, 0.25) is 0 Å². The summed E-state index contributed by atoms with van der Waals surface area (Å²) in [5, 5.41) is 0. The van der Waals surface area contributed by atoms with E-state index in [1.807, 2.05) is 0 Å². The van der Waals surface area contributed by atoms with Crippen molar-refractivity contribution >= 4 is 11.9 Å². The topological polar surface area (TPSA) is 97.1 Å². The average molecular weight is 345 g/mol. The largest absolute Gasteiger partial charge is 0.497 e. The number of para-hydroxylation sites is 1. The van der Waals surface area contributed by atoms with Crippen LogP contribution in [0.1, 0.15) is 10.4 Å². The Hall–Kier alpha value is -3.22. The fourth-order valence-corrected chi connectivity index (χ4v) is 1.96. The minimum Gasteiger partial charge on any atom is -0.497 e. The van der Waals surface area contributed by atoms with Crippen LogP contribution in [0, 0.1) is 0 Å². The van der Waals surface area contributed by atoms with Crippen LogP contribution in [0.15, 0.2) is 48.5 Å². The number of hydrogen-bond acceptors (Lipinski definition) is 6. The van der Waals surface area contributed by atoms with Crippen molar-refractivity contribution in [3.8, 4) is 17.2 Å². The Bertz CT molecular complexity index is 714. The van der Waals surface area contributed by atoms with E-state index in [1.54, 1.807) is 49.6 Å². The van der Waals surface area contributed by atoms with Crippen LogP contribution < -0.4 is 19.9 Å². The Morgan fingerprint density at radius 2 is 1.60 bits per heavy atom. The third kappa shape index (κ3) is 5.72. The number of methoxy groups -OCH3 is 1. The molecule has 0 bridgehead atoms. The van der Waals surface area contributed by atoms with Crippen molar-refractivity contribution in [2.24, 2.45) is 5.73 Å². The lowest BCUT2D eigenvalue weighted by Crippen LogP contribution is -2.20. The van der Waals surface area contributed by atoms with Crippen LogP contribution in [-0.2, 0) is 9.53 Å². The highest BCUT2D eigenvalue weighted by molar-refractivity contribution is 5.95. The summed E-state index contributed by atoms with van der Waals surface area (Å²) in [6.45, 7) is -0.0472. The monoisotopic (exact) mass is 345 g/mol. The maximum atomic E-state index is 11.7. The van der Waals surface area contributed by atoms with Crippen LogP contribution >= 0.6 is 0 Å². The Labute approximate surface area is 145 Å². The van der Waals surface area contributed by atoms with Crippen LogP contribution in [0.25, 0.3) is 0 Å². The van der Waals surface area contributed by atoms with Crippen LogP contribution in [-0.4, -0.2) is 38.8 Å². The summed E-state index contributed by atoms with van der Waals surface area (Å²) in [6, 6.07) is 13.5. The van der Waals surface area contributed by atoms with Gasteiger partial charge in [0.15, 0.2) is 6.61 Å². The van der Waals surface area contributed by atoms with Gasteiger partial charge >= 0.3 is 5.97 Å². The maximum absolute atomic E-state index is 11.7. The molecule has 0 aromatic heterocycles. The zero-order valence-corrected chi connectivity index (χ0v) is 13.8. The van der Waals surface area contributed by atoms with Gasteiger partial charge in [-0.1, -0.05) is 12.1 Å². The van der Waals surface area contributed by atoms with E-state index in [9.17, 15) is 9.59 Å². The highest BCUT2D eigenvalue weighted by atomic mass is 16.6. The number of amides is 1. The molecule has 0 spiro atoms.